The molecule has 0 amide bonds. The van der Waals surface area contributed by atoms with Crippen LogP contribution in [0.4, 0.5) is 5.69 Å². The van der Waals surface area contributed by atoms with Gasteiger partial charge in [-0.05, 0) is 30.5 Å². The van der Waals surface area contributed by atoms with E-state index in [1.54, 1.807) is 0 Å². The predicted molar refractivity (Wildman–Crippen MR) is 80.1 cm³/mol. The van der Waals surface area contributed by atoms with Crippen LogP contribution in [0.2, 0.25) is 0 Å². The Bertz CT molecular complexity index is 565. The number of nitrogen functional groups attached to an aromatic ring is 1. The standard InChI is InChI=1S/C16H23N3/c1-2-16-18-14-11-13(17)7-8-15(14)19(16)10-9-12-5-3-4-6-12/h7-8,11-12H,2-6,9-10,17H2,1H3. The quantitative estimate of drug-likeness (QED) is 0.847. The molecule has 1 aliphatic carbocycles. The number of hydrogen-bond donors (Lipinski definition) is 1. The molecule has 0 atom stereocenters. The van der Waals surface area contributed by atoms with Crippen LogP contribution >= 0.6 is 0 Å². The van der Waals surface area contributed by atoms with E-state index in [1.807, 2.05) is 12.1 Å². The maximum Gasteiger partial charge on any atom is 0.109 e. The van der Waals surface area contributed by atoms with Crippen molar-refractivity contribution in [2.45, 2.75) is 52.0 Å². The largest absolute Gasteiger partial charge is 0.399 e. The number of anilines is 1. The van der Waals surface area contributed by atoms with E-state index >= 15 is 0 Å². The Morgan fingerprint density at radius 3 is 2.84 bits per heavy atom. The van der Waals surface area contributed by atoms with Crippen LogP contribution in [0.5, 0.6) is 0 Å². The van der Waals surface area contributed by atoms with Crippen LogP contribution in [-0.2, 0) is 13.0 Å². The number of hydrogen-bond acceptors (Lipinski definition) is 2. The van der Waals surface area contributed by atoms with E-state index in [-0.39, 0.29) is 0 Å². The molecule has 2 aromatic rings. The number of nitrogens with two attached hydrogens (primary N) is 1. The molecule has 0 spiro atoms. The number of aromatic nitrogens is 2. The van der Waals surface area contributed by atoms with Crippen LogP contribution in [-0.4, -0.2) is 9.55 Å². The van der Waals surface area contributed by atoms with Crippen molar-refractivity contribution >= 4 is 16.7 Å². The molecule has 1 fully saturated rings. The molecular weight excluding hydrogens is 234 g/mol. The van der Waals surface area contributed by atoms with Gasteiger partial charge in [0.1, 0.15) is 5.82 Å². The zero-order valence-corrected chi connectivity index (χ0v) is 11.7. The fourth-order valence-electron chi connectivity index (χ4n) is 3.33. The molecule has 0 unspecified atom stereocenters. The van der Waals surface area contributed by atoms with Crippen LogP contribution in [0.15, 0.2) is 18.2 Å². The average Bonchev–Trinajstić information content (AvgIpc) is 3.02. The van der Waals surface area contributed by atoms with Crippen LogP contribution in [0.1, 0.15) is 44.9 Å². The molecule has 0 radical (unpaired) electrons. The van der Waals surface area contributed by atoms with E-state index in [1.165, 1.54) is 43.4 Å². The lowest BCUT2D eigenvalue weighted by atomic mass is 10.0. The lowest BCUT2D eigenvalue weighted by molar-refractivity contribution is 0.457. The van der Waals surface area contributed by atoms with Crippen molar-refractivity contribution in [1.82, 2.24) is 9.55 Å². The highest BCUT2D eigenvalue weighted by Gasteiger charge is 2.16. The summed E-state index contributed by atoms with van der Waals surface area (Å²) in [5.41, 5.74) is 8.93. The molecule has 2 N–H and O–H groups in total. The Hall–Kier alpha value is -1.51. The van der Waals surface area contributed by atoms with Gasteiger partial charge in [-0.2, -0.15) is 0 Å². The normalized spacial score (nSPS) is 16.5. The minimum atomic E-state index is 0.801. The van der Waals surface area contributed by atoms with E-state index in [0.717, 1.165) is 30.1 Å². The first-order chi connectivity index (χ1) is 9.28. The molecule has 1 aromatic carbocycles. The van der Waals surface area contributed by atoms with Gasteiger partial charge in [-0.15, -0.1) is 0 Å². The molecular formula is C16H23N3. The van der Waals surface area contributed by atoms with E-state index in [2.05, 4.69) is 17.6 Å². The highest BCUT2D eigenvalue weighted by atomic mass is 15.1. The lowest BCUT2D eigenvalue weighted by Gasteiger charge is -2.12. The molecule has 0 bridgehead atoms. The van der Waals surface area contributed by atoms with Gasteiger partial charge in [-0.1, -0.05) is 32.6 Å². The number of benzene rings is 1. The van der Waals surface area contributed by atoms with Gasteiger partial charge in [0.05, 0.1) is 11.0 Å². The van der Waals surface area contributed by atoms with E-state index in [4.69, 9.17) is 10.7 Å². The maximum atomic E-state index is 5.85. The Balaban J connectivity index is 1.87. The first kappa shape index (κ1) is 12.5. The summed E-state index contributed by atoms with van der Waals surface area (Å²) in [5, 5.41) is 0. The third kappa shape index (κ3) is 2.46. The zero-order chi connectivity index (χ0) is 13.2. The summed E-state index contributed by atoms with van der Waals surface area (Å²) in [4.78, 5) is 4.72. The third-order valence-electron chi connectivity index (χ3n) is 4.40. The van der Waals surface area contributed by atoms with Crippen LogP contribution in [0, 0.1) is 5.92 Å². The minimum absolute atomic E-state index is 0.801. The summed E-state index contributed by atoms with van der Waals surface area (Å²) in [6, 6.07) is 6.08. The number of aryl methyl sites for hydroxylation is 2. The van der Waals surface area contributed by atoms with Crippen molar-refractivity contribution in [3.8, 4) is 0 Å². The molecule has 1 heterocycles. The highest BCUT2D eigenvalue weighted by molar-refractivity contribution is 5.79. The van der Waals surface area contributed by atoms with Gasteiger partial charge >= 0.3 is 0 Å². The van der Waals surface area contributed by atoms with Crippen molar-refractivity contribution in [1.29, 1.82) is 0 Å². The monoisotopic (exact) mass is 257 g/mol. The molecule has 19 heavy (non-hydrogen) atoms. The topological polar surface area (TPSA) is 43.8 Å². The average molecular weight is 257 g/mol. The number of fused-ring (bicyclic) bond motifs is 1. The molecule has 1 aliphatic rings. The van der Waals surface area contributed by atoms with E-state index in [9.17, 15) is 0 Å². The Morgan fingerprint density at radius 2 is 2.11 bits per heavy atom. The van der Waals surface area contributed by atoms with Gasteiger partial charge in [0.15, 0.2) is 0 Å². The fourth-order valence-corrected chi connectivity index (χ4v) is 3.33. The van der Waals surface area contributed by atoms with Gasteiger partial charge in [0.2, 0.25) is 0 Å². The van der Waals surface area contributed by atoms with Gasteiger partial charge in [-0.25, -0.2) is 4.98 Å². The maximum absolute atomic E-state index is 5.85. The van der Waals surface area contributed by atoms with Crippen LogP contribution in [0.3, 0.4) is 0 Å². The molecule has 3 nitrogen and oxygen atoms in total. The Labute approximate surface area is 114 Å². The molecule has 0 aliphatic heterocycles. The molecule has 1 aromatic heterocycles. The van der Waals surface area contributed by atoms with Gasteiger partial charge in [0.25, 0.3) is 0 Å². The smallest absolute Gasteiger partial charge is 0.109 e. The van der Waals surface area contributed by atoms with Crippen molar-refractivity contribution in [3.63, 3.8) is 0 Å². The molecule has 1 saturated carbocycles. The van der Waals surface area contributed by atoms with Gasteiger partial charge in [-0.3, -0.25) is 0 Å². The third-order valence-corrected chi connectivity index (χ3v) is 4.40. The Morgan fingerprint density at radius 1 is 1.32 bits per heavy atom. The molecule has 0 saturated heterocycles. The summed E-state index contributed by atoms with van der Waals surface area (Å²) in [6.07, 6.45) is 7.96. The number of rotatable bonds is 4. The van der Waals surface area contributed by atoms with E-state index in [0.29, 0.717) is 0 Å². The second-order valence-electron chi connectivity index (χ2n) is 5.72. The summed E-state index contributed by atoms with van der Waals surface area (Å²) in [7, 11) is 0. The second kappa shape index (κ2) is 5.24. The highest BCUT2D eigenvalue weighted by Crippen LogP contribution is 2.29. The summed E-state index contributed by atoms with van der Waals surface area (Å²) in [5.74, 6) is 2.12. The summed E-state index contributed by atoms with van der Waals surface area (Å²) in [6.45, 7) is 3.28. The van der Waals surface area contributed by atoms with Crippen LogP contribution in [0.25, 0.3) is 11.0 Å². The van der Waals surface area contributed by atoms with Gasteiger partial charge < -0.3 is 10.3 Å². The summed E-state index contributed by atoms with van der Waals surface area (Å²) < 4.78 is 2.40. The SMILES string of the molecule is CCc1nc2cc(N)ccc2n1CCC1CCCC1. The Kier molecular flexibility index (Phi) is 3.45. The van der Waals surface area contributed by atoms with Gasteiger partial charge in [0, 0.05) is 18.7 Å². The summed E-state index contributed by atoms with van der Waals surface area (Å²) >= 11 is 0. The van der Waals surface area contributed by atoms with E-state index < -0.39 is 0 Å². The first-order valence-corrected chi connectivity index (χ1v) is 7.52. The van der Waals surface area contributed by atoms with Crippen molar-refractivity contribution in [3.05, 3.63) is 24.0 Å². The van der Waals surface area contributed by atoms with Crippen molar-refractivity contribution in [2.24, 2.45) is 5.92 Å². The fraction of sp³-hybridized carbons (Fsp3) is 0.562. The van der Waals surface area contributed by atoms with Crippen molar-refractivity contribution < 1.29 is 0 Å². The zero-order valence-electron chi connectivity index (χ0n) is 11.7. The predicted octanol–water partition coefficient (Wildman–Crippen LogP) is 3.76. The molecule has 3 heteroatoms. The lowest BCUT2D eigenvalue weighted by Crippen LogP contribution is -2.06. The second-order valence-corrected chi connectivity index (χ2v) is 5.72. The minimum Gasteiger partial charge on any atom is -0.399 e. The van der Waals surface area contributed by atoms with Crippen LogP contribution < -0.4 is 5.73 Å². The molecule has 102 valence electrons. The first-order valence-electron chi connectivity index (χ1n) is 7.52. The number of nitrogens with zero attached hydrogens (tertiary/aromatic N) is 2. The van der Waals surface area contributed by atoms with Crippen molar-refractivity contribution in [2.75, 3.05) is 5.73 Å². The number of imidazole rings is 1. The molecule has 3 rings (SSSR count).